The van der Waals surface area contributed by atoms with Crippen LogP contribution in [0.15, 0.2) is 34.5 Å². The number of hydrogen-bond acceptors (Lipinski definition) is 4. The standard InChI is InChI=1S/C14H15F3N4S/c1-2-3-8-22-14-20-19-13(12(16)17)21(14)18-9-10-6-4-5-7-11(10)15/h4-7,9,12H,2-3,8H2,1H3. The van der Waals surface area contributed by atoms with Crippen LogP contribution in [0.5, 0.6) is 0 Å². The van der Waals surface area contributed by atoms with Crippen molar-refractivity contribution in [2.45, 2.75) is 31.3 Å². The van der Waals surface area contributed by atoms with E-state index >= 15 is 0 Å². The van der Waals surface area contributed by atoms with E-state index in [2.05, 4.69) is 15.3 Å². The highest BCUT2D eigenvalue weighted by Crippen LogP contribution is 2.24. The van der Waals surface area contributed by atoms with Gasteiger partial charge in [-0.15, -0.1) is 10.2 Å². The van der Waals surface area contributed by atoms with Crippen molar-refractivity contribution in [3.8, 4) is 0 Å². The summed E-state index contributed by atoms with van der Waals surface area (Å²) in [4.78, 5) is 0. The first kappa shape index (κ1) is 16.5. The normalized spacial score (nSPS) is 11.7. The lowest BCUT2D eigenvalue weighted by atomic mass is 10.2. The molecule has 1 heterocycles. The molecule has 0 atom stereocenters. The molecule has 22 heavy (non-hydrogen) atoms. The quantitative estimate of drug-likeness (QED) is 0.436. The van der Waals surface area contributed by atoms with Gasteiger partial charge in [0.25, 0.3) is 6.43 Å². The lowest BCUT2D eigenvalue weighted by molar-refractivity contribution is 0.135. The van der Waals surface area contributed by atoms with E-state index in [0.717, 1.165) is 23.3 Å². The van der Waals surface area contributed by atoms with Crippen LogP contribution in [0.25, 0.3) is 0 Å². The number of halogens is 3. The molecule has 1 aromatic carbocycles. The number of rotatable bonds is 7. The topological polar surface area (TPSA) is 43.1 Å². The Hall–Kier alpha value is -1.83. The maximum absolute atomic E-state index is 13.5. The molecule has 2 rings (SSSR count). The number of nitrogens with zero attached hydrogens (tertiary/aromatic N) is 4. The van der Waals surface area contributed by atoms with Crippen LogP contribution in [-0.4, -0.2) is 26.8 Å². The third-order valence-corrected chi connectivity index (χ3v) is 3.78. The van der Waals surface area contributed by atoms with Gasteiger partial charge in [-0.2, -0.15) is 9.78 Å². The van der Waals surface area contributed by atoms with Crippen molar-refractivity contribution < 1.29 is 13.2 Å². The molecule has 4 nitrogen and oxygen atoms in total. The SMILES string of the molecule is CCCCSc1nnc(C(F)F)n1N=Cc1ccccc1F. The van der Waals surface area contributed by atoms with Crippen molar-refractivity contribution in [1.29, 1.82) is 0 Å². The van der Waals surface area contributed by atoms with Crippen LogP contribution < -0.4 is 0 Å². The molecule has 0 aliphatic carbocycles. The van der Waals surface area contributed by atoms with Gasteiger partial charge in [0.05, 0.1) is 6.21 Å². The molecule has 0 bridgehead atoms. The third-order valence-electron chi connectivity index (χ3n) is 2.78. The molecule has 2 aromatic rings. The zero-order chi connectivity index (χ0) is 15.9. The Morgan fingerprint density at radius 1 is 1.32 bits per heavy atom. The molecule has 0 spiro atoms. The van der Waals surface area contributed by atoms with Crippen LogP contribution in [0.2, 0.25) is 0 Å². The first-order valence-corrected chi connectivity index (χ1v) is 7.77. The number of alkyl halides is 2. The summed E-state index contributed by atoms with van der Waals surface area (Å²) in [6, 6.07) is 5.97. The van der Waals surface area contributed by atoms with Crippen molar-refractivity contribution in [3.05, 3.63) is 41.5 Å². The number of unbranched alkanes of at least 4 members (excludes halogenated alkanes) is 1. The first-order valence-electron chi connectivity index (χ1n) is 6.78. The van der Waals surface area contributed by atoms with E-state index in [-0.39, 0.29) is 10.7 Å². The van der Waals surface area contributed by atoms with Gasteiger partial charge in [-0.25, -0.2) is 13.2 Å². The minimum atomic E-state index is -2.80. The molecule has 0 N–H and O–H groups in total. The Balaban J connectivity index is 2.27. The van der Waals surface area contributed by atoms with Crippen LogP contribution in [-0.2, 0) is 0 Å². The first-order chi connectivity index (χ1) is 10.6. The van der Waals surface area contributed by atoms with Crippen LogP contribution in [0, 0.1) is 5.82 Å². The molecule has 118 valence electrons. The van der Waals surface area contributed by atoms with Gasteiger partial charge < -0.3 is 0 Å². The second kappa shape index (κ2) is 7.98. The second-order valence-electron chi connectivity index (χ2n) is 4.42. The number of aromatic nitrogens is 3. The van der Waals surface area contributed by atoms with Crippen molar-refractivity contribution in [2.24, 2.45) is 5.10 Å². The Morgan fingerprint density at radius 3 is 2.77 bits per heavy atom. The van der Waals surface area contributed by atoms with E-state index in [1.165, 1.54) is 30.1 Å². The molecule has 0 unspecified atom stereocenters. The molecule has 0 aliphatic heterocycles. The summed E-state index contributed by atoms with van der Waals surface area (Å²) in [5, 5.41) is 11.4. The molecule has 0 fully saturated rings. The van der Waals surface area contributed by atoms with Crippen molar-refractivity contribution in [1.82, 2.24) is 14.9 Å². The average Bonchev–Trinajstić information content (AvgIpc) is 2.90. The minimum absolute atomic E-state index is 0.209. The van der Waals surface area contributed by atoms with Crippen LogP contribution in [0.1, 0.15) is 37.6 Å². The molecule has 0 saturated carbocycles. The highest BCUT2D eigenvalue weighted by molar-refractivity contribution is 7.99. The highest BCUT2D eigenvalue weighted by Gasteiger charge is 2.20. The van der Waals surface area contributed by atoms with Gasteiger partial charge in [0.15, 0.2) is 0 Å². The Labute approximate surface area is 130 Å². The van der Waals surface area contributed by atoms with Crippen molar-refractivity contribution >= 4 is 18.0 Å². The Bertz CT molecular complexity index is 643. The fourth-order valence-corrected chi connectivity index (χ4v) is 2.60. The maximum atomic E-state index is 13.5. The van der Waals surface area contributed by atoms with Gasteiger partial charge in [0, 0.05) is 11.3 Å². The molecular formula is C14H15F3N4S. The molecule has 0 aliphatic rings. The van der Waals surface area contributed by atoms with E-state index in [4.69, 9.17) is 0 Å². The summed E-state index contributed by atoms with van der Waals surface area (Å²) in [5.74, 6) is -0.294. The Morgan fingerprint density at radius 2 is 2.09 bits per heavy atom. The molecule has 0 amide bonds. The predicted octanol–water partition coefficient (Wildman–Crippen LogP) is 4.13. The minimum Gasteiger partial charge on any atom is -0.206 e. The lowest BCUT2D eigenvalue weighted by Gasteiger charge is -2.03. The number of hydrogen-bond donors (Lipinski definition) is 0. The zero-order valence-corrected chi connectivity index (χ0v) is 12.7. The fraction of sp³-hybridized carbons (Fsp3) is 0.357. The van der Waals surface area contributed by atoms with Crippen molar-refractivity contribution in [2.75, 3.05) is 5.75 Å². The summed E-state index contributed by atoms with van der Waals surface area (Å²) in [6.07, 6.45) is 0.305. The summed E-state index contributed by atoms with van der Waals surface area (Å²) < 4.78 is 40.4. The summed E-state index contributed by atoms with van der Waals surface area (Å²) >= 11 is 1.30. The van der Waals surface area contributed by atoms with E-state index in [0.29, 0.717) is 0 Å². The third kappa shape index (κ3) is 4.09. The van der Waals surface area contributed by atoms with Gasteiger partial charge >= 0.3 is 0 Å². The smallest absolute Gasteiger partial charge is 0.206 e. The maximum Gasteiger partial charge on any atom is 0.299 e. The van der Waals surface area contributed by atoms with Crippen LogP contribution in [0.4, 0.5) is 13.2 Å². The van der Waals surface area contributed by atoms with E-state index < -0.39 is 18.1 Å². The monoisotopic (exact) mass is 328 g/mol. The van der Waals surface area contributed by atoms with Gasteiger partial charge in [-0.3, -0.25) is 0 Å². The largest absolute Gasteiger partial charge is 0.299 e. The van der Waals surface area contributed by atoms with E-state index in [1.54, 1.807) is 12.1 Å². The Kier molecular flexibility index (Phi) is 6.00. The predicted molar refractivity (Wildman–Crippen MR) is 80.0 cm³/mol. The summed E-state index contributed by atoms with van der Waals surface area (Å²) in [5.41, 5.74) is 0.209. The second-order valence-corrected chi connectivity index (χ2v) is 5.48. The molecule has 8 heteroatoms. The van der Waals surface area contributed by atoms with Gasteiger partial charge in [0.2, 0.25) is 11.0 Å². The van der Waals surface area contributed by atoms with E-state index in [1.807, 2.05) is 6.92 Å². The average molecular weight is 328 g/mol. The highest BCUT2D eigenvalue weighted by atomic mass is 32.2. The fourth-order valence-electron chi connectivity index (χ4n) is 1.62. The molecule has 1 aromatic heterocycles. The molecule has 0 radical (unpaired) electrons. The number of thioether (sulfide) groups is 1. The van der Waals surface area contributed by atoms with Crippen molar-refractivity contribution in [3.63, 3.8) is 0 Å². The molecule has 0 saturated heterocycles. The lowest BCUT2D eigenvalue weighted by Crippen LogP contribution is -2.01. The zero-order valence-electron chi connectivity index (χ0n) is 11.9. The van der Waals surface area contributed by atoms with Crippen LogP contribution in [0.3, 0.4) is 0 Å². The van der Waals surface area contributed by atoms with Gasteiger partial charge in [-0.05, 0) is 12.5 Å². The van der Waals surface area contributed by atoms with E-state index in [9.17, 15) is 13.2 Å². The van der Waals surface area contributed by atoms with Gasteiger partial charge in [0.1, 0.15) is 5.82 Å². The summed E-state index contributed by atoms with van der Waals surface area (Å²) in [6.45, 7) is 2.03. The van der Waals surface area contributed by atoms with Gasteiger partial charge in [-0.1, -0.05) is 43.3 Å². The number of benzene rings is 1. The van der Waals surface area contributed by atoms with Crippen LogP contribution >= 0.6 is 11.8 Å². The molecular weight excluding hydrogens is 313 g/mol. The summed E-state index contributed by atoms with van der Waals surface area (Å²) in [7, 11) is 0.